The third-order valence-electron chi connectivity index (χ3n) is 1.63. The second-order valence-corrected chi connectivity index (χ2v) is 2.75. The molecule has 0 bridgehead atoms. The average Bonchev–Trinajstić information content (AvgIpc) is 1.85. The summed E-state index contributed by atoms with van der Waals surface area (Å²) in [6, 6.07) is 0.0237. The Morgan fingerprint density at radius 1 is 1.45 bits per heavy atom. The van der Waals surface area contributed by atoms with E-state index in [2.05, 4.69) is 9.97 Å². The minimum absolute atomic E-state index is 0.0237. The van der Waals surface area contributed by atoms with Gasteiger partial charge in [-0.3, -0.25) is 0 Å². The molecule has 0 unspecified atom stereocenters. The van der Waals surface area contributed by atoms with Gasteiger partial charge < -0.3 is 5.73 Å². The van der Waals surface area contributed by atoms with Gasteiger partial charge in [0.2, 0.25) is 0 Å². The van der Waals surface area contributed by atoms with Crippen LogP contribution in [0.1, 0.15) is 30.0 Å². The predicted octanol–water partition coefficient (Wildman–Crippen LogP) is 1.11. The average molecular weight is 151 g/mol. The molecule has 0 radical (unpaired) electrons. The molecule has 0 amide bonds. The predicted molar refractivity (Wildman–Crippen MR) is 44.1 cm³/mol. The quantitative estimate of drug-likeness (QED) is 0.654. The Morgan fingerprint density at radius 2 is 2.09 bits per heavy atom. The molecule has 3 heteroatoms. The molecule has 1 aromatic rings. The minimum atomic E-state index is 0.0237. The molecule has 0 saturated heterocycles. The fourth-order valence-corrected chi connectivity index (χ4v) is 1.04. The highest BCUT2D eigenvalue weighted by Crippen LogP contribution is 2.10. The zero-order valence-corrected chi connectivity index (χ0v) is 7.13. The summed E-state index contributed by atoms with van der Waals surface area (Å²) < 4.78 is 0. The fraction of sp³-hybridized carbons (Fsp3) is 0.500. The van der Waals surface area contributed by atoms with Gasteiger partial charge in [-0.2, -0.15) is 0 Å². The molecule has 0 aliphatic rings. The molecule has 0 aliphatic heterocycles. The van der Waals surface area contributed by atoms with Crippen LogP contribution in [0.25, 0.3) is 0 Å². The molecule has 3 nitrogen and oxygen atoms in total. The van der Waals surface area contributed by atoms with Crippen molar-refractivity contribution >= 4 is 0 Å². The van der Waals surface area contributed by atoms with Gasteiger partial charge in [-0.1, -0.05) is 0 Å². The lowest BCUT2D eigenvalue weighted by Gasteiger charge is -2.07. The van der Waals surface area contributed by atoms with Crippen LogP contribution >= 0.6 is 0 Å². The van der Waals surface area contributed by atoms with Crippen molar-refractivity contribution in [1.29, 1.82) is 0 Å². The number of nitrogens with two attached hydrogens (primary N) is 1. The molecule has 1 rings (SSSR count). The molecule has 0 saturated carbocycles. The smallest absolute Gasteiger partial charge is 0.125 e. The topological polar surface area (TPSA) is 51.8 Å². The van der Waals surface area contributed by atoms with Crippen LogP contribution in [0.3, 0.4) is 0 Å². The summed E-state index contributed by atoms with van der Waals surface area (Å²) in [5.41, 5.74) is 7.69. The van der Waals surface area contributed by atoms with E-state index in [1.54, 1.807) is 6.20 Å². The summed E-state index contributed by atoms with van der Waals surface area (Å²) >= 11 is 0. The first-order chi connectivity index (χ1) is 5.11. The lowest BCUT2D eigenvalue weighted by molar-refractivity contribution is 0.782. The van der Waals surface area contributed by atoms with E-state index in [1.165, 1.54) is 0 Å². The van der Waals surface area contributed by atoms with Crippen molar-refractivity contribution in [2.24, 2.45) is 5.73 Å². The Morgan fingerprint density at radius 3 is 2.55 bits per heavy atom. The Hall–Kier alpha value is -0.960. The van der Waals surface area contributed by atoms with Crippen molar-refractivity contribution < 1.29 is 0 Å². The SMILES string of the molecule is Cc1ncc([C@H](C)N)c(C)n1. The summed E-state index contributed by atoms with van der Waals surface area (Å²) in [5.74, 6) is 0.798. The molecule has 0 aliphatic carbocycles. The maximum atomic E-state index is 5.68. The van der Waals surface area contributed by atoms with Crippen LogP contribution in [-0.2, 0) is 0 Å². The second-order valence-electron chi connectivity index (χ2n) is 2.75. The molecule has 0 spiro atoms. The van der Waals surface area contributed by atoms with Gasteiger partial charge in [-0.15, -0.1) is 0 Å². The van der Waals surface area contributed by atoms with E-state index in [0.717, 1.165) is 17.1 Å². The van der Waals surface area contributed by atoms with Crippen LogP contribution in [-0.4, -0.2) is 9.97 Å². The highest BCUT2D eigenvalue weighted by Gasteiger charge is 2.04. The van der Waals surface area contributed by atoms with Crippen LogP contribution in [0.2, 0.25) is 0 Å². The van der Waals surface area contributed by atoms with Gasteiger partial charge in [0.1, 0.15) is 5.82 Å². The van der Waals surface area contributed by atoms with Crippen LogP contribution in [0, 0.1) is 13.8 Å². The number of rotatable bonds is 1. The standard InChI is InChI=1S/C8H13N3/c1-5(9)8-4-10-7(3)11-6(8)2/h4-5H,9H2,1-3H3/t5-/m0/s1. The van der Waals surface area contributed by atoms with Crippen molar-refractivity contribution in [2.75, 3.05) is 0 Å². The van der Waals surface area contributed by atoms with Gasteiger partial charge >= 0.3 is 0 Å². The molecule has 1 aromatic heterocycles. The minimum Gasteiger partial charge on any atom is -0.324 e. The highest BCUT2D eigenvalue weighted by molar-refractivity contribution is 5.18. The lowest BCUT2D eigenvalue weighted by Crippen LogP contribution is -2.09. The van der Waals surface area contributed by atoms with Gasteiger partial charge in [0.05, 0.1) is 0 Å². The summed E-state index contributed by atoms with van der Waals surface area (Å²) in [6.07, 6.45) is 1.79. The monoisotopic (exact) mass is 151 g/mol. The number of hydrogen-bond acceptors (Lipinski definition) is 3. The van der Waals surface area contributed by atoms with Crippen molar-refractivity contribution in [1.82, 2.24) is 9.97 Å². The van der Waals surface area contributed by atoms with Gasteiger partial charge in [-0.05, 0) is 20.8 Å². The van der Waals surface area contributed by atoms with Crippen LogP contribution in [0.5, 0.6) is 0 Å². The fourth-order valence-electron chi connectivity index (χ4n) is 1.04. The zero-order valence-electron chi connectivity index (χ0n) is 7.13. The Balaban J connectivity index is 3.09. The van der Waals surface area contributed by atoms with Crippen molar-refractivity contribution in [2.45, 2.75) is 26.8 Å². The van der Waals surface area contributed by atoms with Crippen LogP contribution in [0.15, 0.2) is 6.20 Å². The van der Waals surface area contributed by atoms with Crippen molar-refractivity contribution in [3.05, 3.63) is 23.3 Å². The largest absolute Gasteiger partial charge is 0.324 e. The summed E-state index contributed by atoms with van der Waals surface area (Å²) in [7, 11) is 0. The van der Waals surface area contributed by atoms with Gasteiger partial charge in [0, 0.05) is 23.5 Å². The van der Waals surface area contributed by atoms with E-state index in [-0.39, 0.29) is 6.04 Å². The third-order valence-corrected chi connectivity index (χ3v) is 1.63. The Bertz CT molecular complexity index is 256. The molecule has 0 fully saturated rings. The maximum Gasteiger partial charge on any atom is 0.125 e. The summed E-state index contributed by atoms with van der Waals surface area (Å²) in [4.78, 5) is 8.27. The maximum absolute atomic E-state index is 5.68. The number of aromatic nitrogens is 2. The summed E-state index contributed by atoms with van der Waals surface area (Å²) in [6.45, 7) is 5.76. The van der Waals surface area contributed by atoms with E-state index in [9.17, 15) is 0 Å². The highest BCUT2D eigenvalue weighted by atomic mass is 14.9. The first kappa shape index (κ1) is 8.14. The number of hydrogen-bond donors (Lipinski definition) is 1. The normalized spacial score (nSPS) is 13.1. The zero-order chi connectivity index (χ0) is 8.43. The Labute approximate surface area is 66.7 Å². The molecule has 1 atom stereocenters. The van der Waals surface area contributed by atoms with E-state index in [0.29, 0.717) is 0 Å². The van der Waals surface area contributed by atoms with Crippen LogP contribution in [0.4, 0.5) is 0 Å². The van der Waals surface area contributed by atoms with Crippen molar-refractivity contribution in [3.8, 4) is 0 Å². The first-order valence-corrected chi connectivity index (χ1v) is 3.67. The van der Waals surface area contributed by atoms with E-state index < -0.39 is 0 Å². The molecule has 60 valence electrons. The first-order valence-electron chi connectivity index (χ1n) is 3.67. The van der Waals surface area contributed by atoms with Gasteiger partial charge in [-0.25, -0.2) is 9.97 Å². The summed E-state index contributed by atoms with van der Waals surface area (Å²) in [5, 5.41) is 0. The second kappa shape index (κ2) is 2.96. The van der Waals surface area contributed by atoms with E-state index in [4.69, 9.17) is 5.73 Å². The molecule has 1 heterocycles. The van der Waals surface area contributed by atoms with E-state index >= 15 is 0 Å². The molecular weight excluding hydrogens is 138 g/mol. The third kappa shape index (κ3) is 1.74. The van der Waals surface area contributed by atoms with Gasteiger partial charge in [0.25, 0.3) is 0 Å². The number of aryl methyl sites for hydroxylation is 2. The molecule has 0 aromatic carbocycles. The number of nitrogens with zero attached hydrogens (tertiary/aromatic N) is 2. The Kier molecular flexibility index (Phi) is 2.19. The lowest BCUT2D eigenvalue weighted by atomic mass is 10.1. The molecule has 11 heavy (non-hydrogen) atoms. The van der Waals surface area contributed by atoms with E-state index in [1.807, 2.05) is 20.8 Å². The van der Waals surface area contributed by atoms with Crippen molar-refractivity contribution in [3.63, 3.8) is 0 Å². The van der Waals surface area contributed by atoms with Gasteiger partial charge in [0.15, 0.2) is 0 Å². The molecular formula is C8H13N3. The molecule has 2 N–H and O–H groups in total. The van der Waals surface area contributed by atoms with Crippen LogP contribution < -0.4 is 5.73 Å².